The quantitative estimate of drug-likeness (QED) is 0.668. The van der Waals surface area contributed by atoms with E-state index in [9.17, 15) is 14.0 Å². The van der Waals surface area contributed by atoms with Crippen molar-refractivity contribution in [3.8, 4) is 0 Å². The van der Waals surface area contributed by atoms with E-state index in [1.165, 1.54) is 4.90 Å². The highest BCUT2D eigenvalue weighted by Gasteiger charge is 2.64. The summed E-state index contributed by atoms with van der Waals surface area (Å²) in [5.41, 5.74) is -0.700. The Kier molecular flexibility index (Phi) is 1.78. The first-order chi connectivity index (χ1) is 8.06. The Morgan fingerprint density at radius 1 is 1.29 bits per heavy atom. The fourth-order valence-corrected chi connectivity index (χ4v) is 2.04. The number of aromatic nitrogens is 2. The van der Waals surface area contributed by atoms with E-state index < -0.39 is 17.4 Å². The molecular weight excluding hydrogens is 227 g/mol. The molecule has 1 aliphatic carbocycles. The fourth-order valence-electron chi connectivity index (χ4n) is 2.04. The van der Waals surface area contributed by atoms with Crippen molar-refractivity contribution in [1.82, 2.24) is 14.9 Å². The highest BCUT2D eigenvalue weighted by molar-refractivity contribution is 6.23. The minimum Gasteiger partial charge on any atom is -0.312 e. The Hall–Kier alpha value is -2.05. The second-order valence-corrected chi connectivity index (χ2v) is 4.22. The van der Waals surface area contributed by atoms with E-state index in [1.807, 2.05) is 0 Å². The Balaban J connectivity index is 2.01. The number of rotatable bonds is 1. The number of carbonyl (C=O) groups is 2. The van der Waals surface area contributed by atoms with E-state index >= 15 is 0 Å². The van der Waals surface area contributed by atoms with Crippen LogP contribution >= 0.6 is 0 Å². The molecule has 1 aromatic rings. The van der Waals surface area contributed by atoms with Crippen LogP contribution in [-0.4, -0.2) is 39.4 Å². The SMILES string of the molecule is CN1C(=O)N(c2ncc(F)cn2)C(=O)C12CC2. The Bertz CT molecular complexity index is 512. The van der Waals surface area contributed by atoms with Gasteiger partial charge in [0, 0.05) is 7.05 Å². The molecule has 0 bridgehead atoms. The molecule has 1 saturated carbocycles. The summed E-state index contributed by atoms with van der Waals surface area (Å²) in [7, 11) is 1.58. The van der Waals surface area contributed by atoms with Gasteiger partial charge in [0.1, 0.15) is 5.54 Å². The van der Waals surface area contributed by atoms with Gasteiger partial charge in [0.25, 0.3) is 5.91 Å². The monoisotopic (exact) mass is 236 g/mol. The van der Waals surface area contributed by atoms with Crippen molar-refractivity contribution in [1.29, 1.82) is 0 Å². The topological polar surface area (TPSA) is 66.4 Å². The zero-order valence-corrected chi connectivity index (χ0v) is 9.05. The molecule has 17 heavy (non-hydrogen) atoms. The molecule has 3 amide bonds. The second kappa shape index (κ2) is 2.99. The first-order valence-electron chi connectivity index (χ1n) is 5.16. The normalized spacial score (nSPS) is 21.5. The number of imide groups is 1. The lowest BCUT2D eigenvalue weighted by Gasteiger charge is -2.13. The van der Waals surface area contributed by atoms with Crippen LogP contribution in [0.2, 0.25) is 0 Å². The molecule has 88 valence electrons. The lowest BCUT2D eigenvalue weighted by Crippen LogP contribution is -2.33. The zero-order chi connectivity index (χ0) is 12.2. The van der Waals surface area contributed by atoms with Crippen LogP contribution in [0.4, 0.5) is 15.1 Å². The number of amides is 3. The van der Waals surface area contributed by atoms with E-state index in [1.54, 1.807) is 7.05 Å². The highest BCUT2D eigenvalue weighted by atomic mass is 19.1. The number of halogens is 1. The Morgan fingerprint density at radius 2 is 1.88 bits per heavy atom. The van der Waals surface area contributed by atoms with E-state index in [2.05, 4.69) is 9.97 Å². The van der Waals surface area contributed by atoms with Gasteiger partial charge in [-0.2, -0.15) is 4.90 Å². The summed E-state index contributed by atoms with van der Waals surface area (Å²) in [6.45, 7) is 0. The van der Waals surface area contributed by atoms with Crippen LogP contribution in [-0.2, 0) is 4.79 Å². The zero-order valence-electron chi connectivity index (χ0n) is 9.05. The number of nitrogens with zero attached hydrogens (tertiary/aromatic N) is 4. The first-order valence-corrected chi connectivity index (χ1v) is 5.16. The lowest BCUT2D eigenvalue weighted by atomic mass is 10.2. The summed E-state index contributed by atoms with van der Waals surface area (Å²) in [6, 6.07) is -0.459. The van der Waals surface area contributed by atoms with Crippen molar-refractivity contribution in [2.24, 2.45) is 0 Å². The summed E-state index contributed by atoms with van der Waals surface area (Å²) < 4.78 is 12.7. The van der Waals surface area contributed by atoms with Gasteiger partial charge in [0.05, 0.1) is 12.4 Å². The number of anilines is 1. The third-order valence-electron chi connectivity index (χ3n) is 3.25. The summed E-state index contributed by atoms with van der Waals surface area (Å²) in [4.78, 5) is 33.6. The maximum Gasteiger partial charge on any atom is 0.334 e. The minimum atomic E-state index is -0.700. The number of likely N-dealkylation sites (N-methyl/N-ethyl adjacent to an activating group) is 1. The third kappa shape index (κ3) is 1.19. The predicted octanol–water partition coefficient (Wildman–Crippen LogP) is 0.547. The van der Waals surface area contributed by atoms with Crippen molar-refractivity contribution in [3.05, 3.63) is 18.2 Å². The number of urea groups is 1. The molecule has 6 nitrogen and oxygen atoms in total. The van der Waals surface area contributed by atoms with Crippen LogP contribution in [0.25, 0.3) is 0 Å². The summed E-state index contributed by atoms with van der Waals surface area (Å²) in [5, 5.41) is 0. The Morgan fingerprint density at radius 3 is 2.35 bits per heavy atom. The van der Waals surface area contributed by atoms with Crippen LogP contribution in [0.1, 0.15) is 12.8 Å². The van der Waals surface area contributed by atoms with Gasteiger partial charge in [-0.05, 0) is 12.8 Å². The average Bonchev–Trinajstić information content (AvgIpc) is 3.09. The first kappa shape index (κ1) is 10.1. The maximum absolute atomic E-state index is 12.7. The van der Waals surface area contributed by atoms with Gasteiger partial charge in [0.2, 0.25) is 5.95 Å². The summed E-state index contributed by atoms with van der Waals surface area (Å²) >= 11 is 0. The summed E-state index contributed by atoms with van der Waals surface area (Å²) in [6.07, 6.45) is 3.18. The molecule has 7 heteroatoms. The highest BCUT2D eigenvalue weighted by Crippen LogP contribution is 2.47. The van der Waals surface area contributed by atoms with Gasteiger partial charge < -0.3 is 4.90 Å². The second-order valence-electron chi connectivity index (χ2n) is 4.22. The van der Waals surface area contributed by atoms with Gasteiger partial charge in [0.15, 0.2) is 5.82 Å². The molecule has 0 radical (unpaired) electrons. The smallest absolute Gasteiger partial charge is 0.312 e. The van der Waals surface area contributed by atoms with Gasteiger partial charge in [-0.3, -0.25) is 4.79 Å². The van der Waals surface area contributed by atoms with Gasteiger partial charge in [-0.25, -0.2) is 19.2 Å². The molecule has 0 atom stereocenters. The van der Waals surface area contributed by atoms with E-state index in [0.717, 1.165) is 17.3 Å². The predicted molar refractivity (Wildman–Crippen MR) is 54.6 cm³/mol. The molecule has 1 saturated heterocycles. The minimum absolute atomic E-state index is 0.0722. The average molecular weight is 236 g/mol. The van der Waals surface area contributed by atoms with Crippen molar-refractivity contribution >= 4 is 17.9 Å². The molecule has 2 aliphatic rings. The van der Waals surface area contributed by atoms with E-state index in [4.69, 9.17) is 0 Å². The van der Waals surface area contributed by atoms with E-state index in [-0.39, 0.29) is 11.9 Å². The van der Waals surface area contributed by atoms with Gasteiger partial charge >= 0.3 is 6.03 Å². The van der Waals surface area contributed by atoms with Crippen LogP contribution in [0.3, 0.4) is 0 Å². The molecule has 3 rings (SSSR count). The van der Waals surface area contributed by atoms with Crippen LogP contribution < -0.4 is 4.90 Å². The lowest BCUT2D eigenvalue weighted by molar-refractivity contribution is -0.120. The molecular formula is C10H9FN4O2. The molecule has 1 spiro atoms. The van der Waals surface area contributed by atoms with E-state index in [0.29, 0.717) is 12.8 Å². The largest absolute Gasteiger partial charge is 0.334 e. The number of hydrogen-bond acceptors (Lipinski definition) is 4. The molecule has 2 fully saturated rings. The molecule has 1 aromatic heterocycles. The van der Waals surface area contributed by atoms with Crippen molar-refractivity contribution < 1.29 is 14.0 Å². The molecule has 0 aromatic carbocycles. The van der Waals surface area contributed by atoms with Crippen molar-refractivity contribution in [3.63, 3.8) is 0 Å². The maximum atomic E-state index is 12.7. The standard InChI is InChI=1S/C10H9FN4O2/c1-14-9(17)15(7(16)10(14)2-3-10)8-12-4-6(11)5-13-8/h4-5H,2-3H2,1H3. The number of carbonyl (C=O) groups excluding carboxylic acids is 2. The molecule has 2 heterocycles. The molecule has 1 aliphatic heterocycles. The summed E-state index contributed by atoms with van der Waals surface area (Å²) in [5.74, 6) is -1.00. The van der Waals surface area contributed by atoms with Gasteiger partial charge in [-0.15, -0.1) is 0 Å². The van der Waals surface area contributed by atoms with Crippen molar-refractivity contribution in [2.75, 3.05) is 11.9 Å². The van der Waals surface area contributed by atoms with Crippen LogP contribution in [0, 0.1) is 5.82 Å². The van der Waals surface area contributed by atoms with Gasteiger partial charge in [-0.1, -0.05) is 0 Å². The van der Waals surface area contributed by atoms with Crippen LogP contribution in [0.15, 0.2) is 12.4 Å². The third-order valence-corrected chi connectivity index (χ3v) is 3.25. The number of hydrogen-bond donors (Lipinski definition) is 0. The molecule has 0 unspecified atom stereocenters. The molecule has 0 N–H and O–H groups in total. The van der Waals surface area contributed by atoms with Crippen molar-refractivity contribution in [2.45, 2.75) is 18.4 Å². The Labute approximate surface area is 96.1 Å². The fraction of sp³-hybridized carbons (Fsp3) is 0.400. The van der Waals surface area contributed by atoms with Crippen LogP contribution in [0.5, 0.6) is 0 Å².